The molecule has 2 aliphatic rings. The number of methoxy groups -OCH3 is 1. The van der Waals surface area contributed by atoms with Crippen LogP contribution in [0.25, 0.3) is 0 Å². The summed E-state index contributed by atoms with van der Waals surface area (Å²) in [5.74, 6) is 0.699. The lowest BCUT2D eigenvalue weighted by Crippen LogP contribution is -2.49. The first kappa shape index (κ1) is 19.6. The SMILES string of the molecule is CCOc1ccc(S(=O)(=O)N2CCC(N3CCC(OC)CC3)CC2)cc1. The predicted molar refractivity (Wildman–Crippen MR) is 101 cm³/mol. The highest BCUT2D eigenvalue weighted by Crippen LogP contribution is 2.26. The van der Waals surface area contributed by atoms with Gasteiger partial charge in [0.15, 0.2) is 0 Å². The van der Waals surface area contributed by atoms with E-state index < -0.39 is 10.0 Å². The summed E-state index contributed by atoms with van der Waals surface area (Å²) in [6, 6.07) is 7.22. The van der Waals surface area contributed by atoms with Gasteiger partial charge in [0, 0.05) is 39.3 Å². The van der Waals surface area contributed by atoms with Crippen molar-refractivity contribution in [3.05, 3.63) is 24.3 Å². The Bertz CT molecular complexity index is 661. The van der Waals surface area contributed by atoms with Crippen LogP contribution in [0.1, 0.15) is 32.6 Å². The van der Waals surface area contributed by atoms with Crippen LogP contribution in [0.15, 0.2) is 29.2 Å². The van der Waals surface area contributed by atoms with Crippen LogP contribution in [0.5, 0.6) is 5.75 Å². The zero-order valence-corrected chi connectivity index (χ0v) is 16.6. The Kier molecular flexibility index (Phi) is 6.55. The number of benzene rings is 1. The van der Waals surface area contributed by atoms with Crippen molar-refractivity contribution in [2.45, 2.75) is 49.6 Å². The second kappa shape index (κ2) is 8.69. The zero-order chi connectivity index (χ0) is 18.6. The summed E-state index contributed by atoms with van der Waals surface area (Å²) in [6.45, 7) is 5.76. The molecule has 0 atom stereocenters. The van der Waals surface area contributed by atoms with Gasteiger partial charge < -0.3 is 14.4 Å². The molecule has 0 amide bonds. The molecule has 146 valence electrons. The monoisotopic (exact) mass is 382 g/mol. The fourth-order valence-electron chi connectivity index (χ4n) is 3.95. The summed E-state index contributed by atoms with van der Waals surface area (Å²) in [4.78, 5) is 2.86. The summed E-state index contributed by atoms with van der Waals surface area (Å²) in [5.41, 5.74) is 0. The van der Waals surface area contributed by atoms with Crippen molar-refractivity contribution < 1.29 is 17.9 Å². The van der Waals surface area contributed by atoms with Crippen LogP contribution in [-0.2, 0) is 14.8 Å². The van der Waals surface area contributed by atoms with Crippen molar-refractivity contribution in [1.82, 2.24) is 9.21 Å². The van der Waals surface area contributed by atoms with E-state index in [0.717, 1.165) is 38.8 Å². The van der Waals surface area contributed by atoms with Crippen molar-refractivity contribution in [1.29, 1.82) is 0 Å². The Morgan fingerprint density at radius 1 is 1.00 bits per heavy atom. The molecule has 7 heteroatoms. The van der Waals surface area contributed by atoms with Gasteiger partial charge in [0.1, 0.15) is 5.75 Å². The number of sulfonamides is 1. The first-order chi connectivity index (χ1) is 12.5. The molecular formula is C19H30N2O4S. The zero-order valence-electron chi connectivity index (χ0n) is 15.8. The minimum absolute atomic E-state index is 0.348. The summed E-state index contributed by atoms with van der Waals surface area (Å²) in [5, 5.41) is 0. The number of likely N-dealkylation sites (tertiary alicyclic amines) is 1. The highest BCUT2D eigenvalue weighted by molar-refractivity contribution is 7.89. The molecule has 0 spiro atoms. The van der Waals surface area contributed by atoms with Gasteiger partial charge in [-0.15, -0.1) is 0 Å². The van der Waals surface area contributed by atoms with Crippen molar-refractivity contribution in [3.8, 4) is 5.75 Å². The molecule has 0 N–H and O–H groups in total. The normalized spacial score (nSPS) is 21.8. The number of nitrogens with zero attached hydrogens (tertiary/aromatic N) is 2. The molecule has 3 rings (SSSR count). The third-order valence-corrected chi connectivity index (χ3v) is 7.44. The summed E-state index contributed by atoms with van der Waals surface area (Å²) >= 11 is 0. The number of rotatable bonds is 6. The Morgan fingerprint density at radius 2 is 1.62 bits per heavy atom. The Hall–Kier alpha value is -1.15. The maximum absolute atomic E-state index is 12.9. The van der Waals surface area contributed by atoms with Crippen LogP contribution >= 0.6 is 0 Å². The minimum Gasteiger partial charge on any atom is -0.494 e. The molecule has 0 saturated carbocycles. The topological polar surface area (TPSA) is 59.1 Å². The third-order valence-electron chi connectivity index (χ3n) is 5.52. The van der Waals surface area contributed by atoms with E-state index in [1.165, 1.54) is 0 Å². The number of ether oxygens (including phenoxy) is 2. The molecular weight excluding hydrogens is 352 g/mol. The van der Waals surface area contributed by atoms with Gasteiger partial charge in [-0.05, 0) is 56.9 Å². The quantitative estimate of drug-likeness (QED) is 0.756. The fourth-order valence-corrected chi connectivity index (χ4v) is 5.42. The lowest BCUT2D eigenvalue weighted by atomic mass is 10.00. The van der Waals surface area contributed by atoms with E-state index in [-0.39, 0.29) is 0 Å². The Labute approximate surface area is 157 Å². The van der Waals surface area contributed by atoms with E-state index in [0.29, 0.717) is 42.5 Å². The van der Waals surface area contributed by atoms with Crippen molar-refractivity contribution in [2.75, 3.05) is 39.9 Å². The maximum Gasteiger partial charge on any atom is 0.243 e. The Morgan fingerprint density at radius 3 is 2.15 bits per heavy atom. The van der Waals surface area contributed by atoms with Crippen LogP contribution in [0, 0.1) is 0 Å². The van der Waals surface area contributed by atoms with Gasteiger partial charge >= 0.3 is 0 Å². The Balaban J connectivity index is 1.56. The predicted octanol–water partition coefficient (Wildman–Crippen LogP) is 2.35. The average molecular weight is 383 g/mol. The third kappa shape index (κ3) is 4.39. The largest absolute Gasteiger partial charge is 0.494 e. The maximum atomic E-state index is 12.9. The number of hydrogen-bond acceptors (Lipinski definition) is 5. The van der Waals surface area contributed by atoms with Crippen LogP contribution in [0.4, 0.5) is 0 Å². The van der Waals surface area contributed by atoms with E-state index in [1.54, 1.807) is 35.7 Å². The highest BCUT2D eigenvalue weighted by Gasteiger charge is 2.33. The molecule has 1 aromatic rings. The molecule has 0 aliphatic carbocycles. The average Bonchev–Trinajstić information content (AvgIpc) is 2.69. The molecule has 2 fully saturated rings. The lowest BCUT2D eigenvalue weighted by molar-refractivity contribution is 0.0190. The molecule has 0 radical (unpaired) electrons. The van der Waals surface area contributed by atoms with Crippen LogP contribution in [0.2, 0.25) is 0 Å². The van der Waals surface area contributed by atoms with Gasteiger partial charge in [-0.3, -0.25) is 0 Å². The molecule has 26 heavy (non-hydrogen) atoms. The lowest BCUT2D eigenvalue weighted by Gasteiger charge is -2.41. The molecule has 2 saturated heterocycles. The van der Waals surface area contributed by atoms with Gasteiger partial charge in [-0.2, -0.15) is 4.31 Å². The van der Waals surface area contributed by atoms with Crippen LogP contribution in [0.3, 0.4) is 0 Å². The molecule has 0 aromatic heterocycles. The van der Waals surface area contributed by atoms with Crippen LogP contribution < -0.4 is 4.74 Å². The van der Waals surface area contributed by atoms with Gasteiger partial charge in [-0.1, -0.05) is 0 Å². The second-order valence-electron chi connectivity index (χ2n) is 7.01. The van der Waals surface area contributed by atoms with E-state index in [4.69, 9.17) is 9.47 Å². The van der Waals surface area contributed by atoms with E-state index >= 15 is 0 Å². The molecule has 2 aliphatic heterocycles. The summed E-state index contributed by atoms with van der Waals surface area (Å²) in [7, 11) is -1.64. The van der Waals surface area contributed by atoms with E-state index in [9.17, 15) is 8.42 Å². The van der Waals surface area contributed by atoms with Crippen molar-refractivity contribution in [3.63, 3.8) is 0 Å². The first-order valence-corrected chi connectivity index (χ1v) is 11.0. The van der Waals surface area contributed by atoms with Crippen LogP contribution in [-0.4, -0.2) is 69.7 Å². The first-order valence-electron chi connectivity index (χ1n) is 9.54. The number of hydrogen-bond donors (Lipinski definition) is 0. The standard InChI is InChI=1S/C19H30N2O4S/c1-3-25-18-4-6-19(7-5-18)26(22,23)21-14-8-16(9-15-21)20-12-10-17(24-2)11-13-20/h4-7,16-17H,3,8-15H2,1-2H3. The highest BCUT2D eigenvalue weighted by atomic mass is 32.2. The van der Waals surface area contributed by atoms with Crippen molar-refractivity contribution >= 4 is 10.0 Å². The van der Waals surface area contributed by atoms with Gasteiger partial charge in [-0.25, -0.2) is 8.42 Å². The van der Waals surface area contributed by atoms with Gasteiger partial charge in [0.2, 0.25) is 10.0 Å². The van der Waals surface area contributed by atoms with Crippen molar-refractivity contribution in [2.24, 2.45) is 0 Å². The van der Waals surface area contributed by atoms with Gasteiger partial charge in [0.05, 0.1) is 17.6 Å². The molecule has 6 nitrogen and oxygen atoms in total. The minimum atomic E-state index is -3.42. The molecule has 0 unspecified atom stereocenters. The smallest absolute Gasteiger partial charge is 0.243 e. The van der Waals surface area contributed by atoms with Gasteiger partial charge in [0.25, 0.3) is 0 Å². The molecule has 2 heterocycles. The fraction of sp³-hybridized carbons (Fsp3) is 0.684. The summed E-state index contributed by atoms with van der Waals surface area (Å²) in [6.07, 6.45) is 4.32. The molecule has 1 aromatic carbocycles. The number of piperidine rings is 2. The van der Waals surface area contributed by atoms with E-state index in [2.05, 4.69) is 4.90 Å². The summed E-state index contributed by atoms with van der Waals surface area (Å²) < 4.78 is 38.2. The van der Waals surface area contributed by atoms with E-state index in [1.807, 2.05) is 6.92 Å². The molecule has 0 bridgehead atoms. The second-order valence-corrected chi connectivity index (χ2v) is 8.95.